The maximum Gasteiger partial charge on any atom is 0.188 e. The Morgan fingerprint density at radius 3 is 2.76 bits per heavy atom. The molecule has 0 saturated carbocycles. The number of nitrogens with two attached hydrogens (primary N) is 1. The van der Waals surface area contributed by atoms with Crippen LogP contribution in [-0.4, -0.2) is 39.8 Å². The number of methoxy groups -OCH3 is 2. The molecule has 29 heavy (non-hydrogen) atoms. The molecule has 7 heteroatoms. The van der Waals surface area contributed by atoms with Gasteiger partial charge < -0.3 is 25.4 Å². The Hall–Kier alpha value is -2.60. The molecular formula is C22H29ClN4O2. The van der Waals surface area contributed by atoms with Gasteiger partial charge in [-0.2, -0.15) is 0 Å². The standard InChI is InChI=1S/C22H29ClN4O2/c1-15-4-6-18(23)11-19(15)27-9-8-17(14-27)13-26-22(24)25-12-16-5-7-20(28-2)21(10-16)29-3/h4-7,10-11,17H,8-9,12-14H2,1-3H3,(H3,24,25,26). The van der Waals surface area contributed by atoms with E-state index in [4.69, 9.17) is 26.8 Å². The van der Waals surface area contributed by atoms with Crippen molar-refractivity contribution < 1.29 is 9.47 Å². The van der Waals surface area contributed by atoms with E-state index in [1.54, 1.807) is 14.2 Å². The third-order valence-corrected chi connectivity index (χ3v) is 5.48. The van der Waals surface area contributed by atoms with Crippen LogP contribution in [0.3, 0.4) is 0 Å². The first-order chi connectivity index (χ1) is 14.0. The predicted molar refractivity (Wildman–Crippen MR) is 119 cm³/mol. The van der Waals surface area contributed by atoms with Crippen LogP contribution >= 0.6 is 11.6 Å². The summed E-state index contributed by atoms with van der Waals surface area (Å²) in [5, 5.41) is 4.04. The number of anilines is 1. The molecule has 2 aromatic rings. The Balaban J connectivity index is 1.51. The minimum Gasteiger partial charge on any atom is -0.493 e. The van der Waals surface area contributed by atoms with Crippen molar-refractivity contribution in [3.63, 3.8) is 0 Å². The van der Waals surface area contributed by atoms with Crippen LogP contribution in [0.2, 0.25) is 5.02 Å². The molecule has 0 bridgehead atoms. The molecule has 0 aliphatic carbocycles. The second kappa shape index (κ2) is 9.74. The summed E-state index contributed by atoms with van der Waals surface area (Å²) in [5.41, 5.74) is 9.54. The van der Waals surface area contributed by atoms with Gasteiger partial charge in [0, 0.05) is 30.3 Å². The number of benzene rings is 2. The molecule has 1 saturated heterocycles. The molecule has 1 fully saturated rings. The average molecular weight is 417 g/mol. The Bertz CT molecular complexity index is 872. The fourth-order valence-corrected chi connectivity index (χ4v) is 3.77. The number of aliphatic imine (C=N–C) groups is 1. The largest absolute Gasteiger partial charge is 0.493 e. The van der Waals surface area contributed by atoms with E-state index in [2.05, 4.69) is 28.2 Å². The highest BCUT2D eigenvalue weighted by Gasteiger charge is 2.23. The molecule has 3 N–H and O–H groups in total. The topological polar surface area (TPSA) is 72.1 Å². The van der Waals surface area contributed by atoms with Gasteiger partial charge in [0.05, 0.1) is 20.8 Å². The summed E-state index contributed by atoms with van der Waals surface area (Å²) in [5.74, 6) is 2.36. The smallest absolute Gasteiger partial charge is 0.188 e. The number of rotatable bonds is 7. The first-order valence-corrected chi connectivity index (χ1v) is 10.1. The van der Waals surface area contributed by atoms with E-state index in [9.17, 15) is 0 Å². The summed E-state index contributed by atoms with van der Waals surface area (Å²) in [6, 6.07) is 11.8. The highest BCUT2D eigenvalue weighted by molar-refractivity contribution is 6.30. The van der Waals surface area contributed by atoms with Gasteiger partial charge in [-0.05, 0) is 54.7 Å². The van der Waals surface area contributed by atoms with Crippen LogP contribution in [0.5, 0.6) is 11.5 Å². The number of hydrogen-bond acceptors (Lipinski definition) is 4. The molecule has 0 aromatic heterocycles. The van der Waals surface area contributed by atoms with Crippen molar-refractivity contribution in [2.24, 2.45) is 16.6 Å². The lowest BCUT2D eigenvalue weighted by Crippen LogP contribution is -2.36. The van der Waals surface area contributed by atoms with Gasteiger partial charge in [-0.15, -0.1) is 0 Å². The molecule has 3 rings (SSSR count). The summed E-state index contributed by atoms with van der Waals surface area (Å²) >= 11 is 6.17. The van der Waals surface area contributed by atoms with Crippen LogP contribution in [0.1, 0.15) is 17.5 Å². The number of nitrogens with one attached hydrogen (secondary N) is 1. The molecule has 0 radical (unpaired) electrons. The summed E-state index contributed by atoms with van der Waals surface area (Å²) in [6.07, 6.45) is 1.11. The Morgan fingerprint density at radius 2 is 2.00 bits per heavy atom. The Kier molecular flexibility index (Phi) is 7.09. The molecule has 1 atom stereocenters. The zero-order valence-corrected chi connectivity index (χ0v) is 18.0. The highest BCUT2D eigenvalue weighted by Crippen LogP contribution is 2.29. The third kappa shape index (κ3) is 5.48. The van der Waals surface area contributed by atoms with Crippen molar-refractivity contribution in [2.75, 3.05) is 38.8 Å². The van der Waals surface area contributed by atoms with Gasteiger partial charge in [0.15, 0.2) is 17.5 Å². The molecule has 0 spiro atoms. The van der Waals surface area contributed by atoms with Gasteiger partial charge >= 0.3 is 0 Å². The molecule has 156 valence electrons. The van der Waals surface area contributed by atoms with Crippen LogP contribution < -0.4 is 25.4 Å². The molecular weight excluding hydrogens is 388 g/mol. The van der Waals surface area contributed by atoms with E-state index in [1.807, 2.05) is 30.3 Å². The van der Waals surface area contributed by atoms with Crippen molar-refractivity contribution in [3.8, 4) is 11.5 Å². The van der Waals surface area contributed by atoms with Crippen molar-refractivity contribution >= 4 is 23.2 Å². The summed E-state index contributed by atoms with van der Waals surface area (Å²) in [7, 11) is 3.24. The molecule has 0 amide bonds. The van der Waals surface area contributed by atoms with Gasteiger partial charge in [0.1, 0.15) is 0 Å². The lowest BCUT2D eigenvalue weighted by Gasteiger charge is -2.21. The van der Waals surface area contributed by atoms with E-state index in [0.717, 1.165) is 36.6 Å². The van der Waals surface area contributed by atoms with Crippen LogP contribution in [0.25, 0.3) is 0 Å². The first-order valence-electron chi connectivity index (χ1n) is 9.76. The monoisotopic (exact) mass is 416 g/mol. The number of nitrogens with zero attached hydrogens (tertiary/aromatic N) is 2. The van der Waals surface area contributed by atoms with Crippen LogP contribution in [0.4, 0.5) is 5.69 Å². The minimum atomic E-state index is 0.456. The number of halogens is 1. The van der Waals surface area contributed by atoms with Crippen molar-refractivity contribution in [1.29, 1.82) is 0 Å². The van der Waals surface area contributed by atoms with Crippen LogP contribution in [0, 0.1) is 12.8 Å². The summed E-state index contributed by atoms with van der Waals surface area (Å²) < 4.78 is 10.6. The van der Waals surface area contributed by atoms with E-state index >= 15 is 0 Å². The van der Waals surface area contributed by atoms with Crippen molar-refractivity contribution in [1.82, 2.24) is 5.32 Å². The normalized spacial score (nSPS) is 16.8. The van der Waals surface area contributed by atoms with Crippen LogP contribution in [-0.2, 0) is 6.54 Å². The summed E-state index contributed by atoms with van der Waals surface area (Å²) in [4.78, 5) is 6.84. The molecule has 1 aliphatic heterocycles. The second-order valence-electron chi connectivity index (χ2n) is 7.30. The number of hydrogen-bond donors (Lipinski definition) is 2. The lowest BCUT2D eigenvalue weighted by atomic mass is 10.1. The SMILES string of the molecule is COc1ccc(CN=C(N)NCC2CCN(c3cc(Cl)ccc3C)C2)cc1OC. The number of aryl methyl sites for hydroxylation is 1. The quantitative estimate of drug-likeness (QED) is 0.533. The Morgan fingerprint density at radius 1 is 1.21 bits per heavy atom. The number of ether oxygens (including phenoxy) is 2. The maximum atomic E-state index is 6.17. The maximum absolute atomic E-state index is 6.17. The molecule has 6 nitrogen and oxygen atoms in total. The fraction of sp³-hybridized carbons (Fsp3) is 0.409. The molecule has 1 heterocycles. The highest BCUT2D eigenvalue weighted by atomic mass is 35.5. The van der Waals surface area contributed by atoms with E-state index in [1.165, 1.54) is 11.3 Å². The van der Waals surface area contributed by atoms with E-state index < -0.39 is 0 Å². The average Bonchev–Trinajstić information content (AvgIpc) is 3.21. The Labute approximate surface area is 177 Å². The summed E-state index contributed by atoms with van der Waals surface area (Å²) in [6.45, 7) is 5.42. The predicted octanol–water partition coefficient (Wildman–Crippen LogP) is 3.60. The van der Waals surface area contributed by atoms with E-state index in [-0.39, 0.29) is 0 Å². The lowest BCUT2D eigenvalue weighted by molar-refractivity contribution is 0.354. The van der Waals surface area contributed by atoms with Crippen molar-refractivity contribution in [2.45, 2.75) is 19.9 Å². The first kappa shape index (κ1) is 21.1. The van der Waals surface area contributed by atoms with Gasteiger partial charge in [-0.3, -0.25) is 0 Å². The van der Waals surface area contributed by atoms with E-state index in [0.29, 0.717) is 29.9 Å². The zero-order chi connectivity index (χ0) is 20.8. The molecule has 1 aliphatic rings. The van der Waals surface area contributed by atoms with Gasteiger partial charge in [0.2, 0.25) is 0 Å². The minimum absolute atomic E-state index is 0.456. The van der Waals surface area contributed by atoms with Gasteiger partial charge in [-0.25, -0.2) is 4.99 Å². The molecule has 2 aromatic carbocycles. The van der Waals surface area contributed by atoms with Crippen molar-refractivity contribution in [3.05, 3.63) is 52.5 Å². The number of guanidine groups is 1. The fourth-order valence-electron chi connectivity index (χ4n) is 3.60. The zero-order valence-electron chi connectivity index (χ0n) is 17.2. The molecule has 1 unspecified atom stereocenters. The second-order valence-corrected chi connectivity index (χ2v) is 7.74. The van der Waals surface area contributed by atoms with Gasteiger partial charge in [0.25, 0.3) is 0 Å². The van der Waals surface area contributed by atoms with Gasteiger partial charge in [-0.1, -0.05) is 23.7 Å². The third-order valence-electron chi connectivity index (χ3n) is 5.25. The van der Waals surface area contributed by atoms with Crippen LogP contribution in [0.15, 0.2) is 41.4 Å².